The van der Waals surface area contributed by atoms with Gasteiger partial charge < -0.3 is 4.74 Å². The van der Waals surface area contributed by atoms with E-state index in [1.165, 1.54) is 11.7 Å². The van der Waals surface area contributed by atoms with E-state index in [0.29, 0.717) is 11.8 Å². The molecule has 0 spiro atoms. The number of halogens is 4. The van der Waals surface area contributed by atoms with Crippen LogP contribution in [0.1, 0.15) is 11.6 Å². The largest absolute Gasteiger partial charge is 0.417 e. The van der Waals surface area contributed by atoms with E-state index in [2.05, 4.69) is 4.98 Å². The molecule has 1 unspecified atom stereocenters. The number of nitrogens with zero attached hydrogens (tertiary/aromatic N) is 1. The first kappa shape index (κ1) is 16.4. The Labute approximate surface area is 136 Å². The number of aromatic nitrogens is 2. The molecule has 5 nitrogen and oxygen atoms in total. The Bertz CT molecular complexity index is 906. The van der Waals surface area contributed by atoms with Gasteiger partial charge in [-0.3, -0.25) is 14.3 Å². The van der Waals surface area contributed by atoms with Gasteiger partial charge in [-0.15, -0.1) is 11.8 Å². The predicted octanol–water partition coefficient (Wildman–Crippen LogP) is 2.66. The van der Waals surface area contributed by atoms with E-state index < -0.39 is 34.1 Å². The quantitative estimate of drug-likeness (QED) is 0.887. The molecule has 0 aliphatic carbocycles. The van der Waals surface area contributed by atoms with E-state index in [9.17, 15) is 22.8 Å². The Morgan fingerprint density at radius 3 is 2.78 bits per heavy atom. The lowest BCUT2D eigenvalue weighted by Gasteiger charge is -2.27. The maximum atomic E-state index is 13.1. The lowest BCUT2D eigenvalue weighted by molar-refractivity contribution is -0.137. The zero-order valence-electron chi connectivity index (χ0n) is 11.7. The third-order valence-electron chi connectivity index (χ3n) is 3.57. The summed E-state index contributed by atoms with van der Waals surface area (Å²) in [4.78, 5) is 26.3. The van der Waals surface area contributed by atoms with Gasteiger partial charge in [0, 0.05) is 12.9 Å². The SMILES string of the molecule is COCC1CSc2c(Cl)c(C(F)(F)F)cc3c(=O)[nH]c(=O)n1c23. The second kappa shape index (κ2) is 5.57. The molecule has 0 radical (unpaired) electrons. The maximum absolute atomic E-state index is 13.1. The summed E-state index contributed by atoms with van der Waals surface area (Å²) in [7, 11) is 1.45. The van der Waals surface area contributed by atoms with E-state index in [0.717, 1.165) is 11.8 Å². The molecule has 1 aliphatic heterocycles. The van der Waals surface area contributed by atoms with Gasteiger partial charge in [0.15, 0.2) is 0 Å². The third-order valence-corrected chi connectivity index (χ3v) is 5.31. The maximum Gasteiger partial charge on any atom is 0.417 e. The molecule has 1 aromatic carbocycles. The predicted molar refractivity (Wildman–Crippen MR) is 80.5 cm³/mol. The van der Waals surface area contributed by atoms with E-state index in [1.54, 1.807) is 0 Å². The minimum absolute atomic E-state index is 0.0899. The van der Waals surface area contributed by atoms with Crippen molar-refractivity contribution >= 4 is 34.3 Å². The summed E-state index contributed by atoms with van der Waals surface area (Å²) in [6, 6.07) is 0.281. The summed E-state index contributed by atoms with van der Waals surface area (Å²) in [5, 5.41) is -0.714. The van der Waals surface area contributed by atoms with Crippen LogP contribution in [-0.2, 0) is 10.9 Å². The molecule has 1 aromatic heterocycles. The van der Waals surface area contributed by atoms with Gasteiger partial charge in [-0.05, 0) is 6.07 Å². The Morgan fingerprint density at radius 2 is 2.17 bits per heavy atom. The third kappa shape index (κ3) is 2.56. The number of aromatic amines is 1. The van der Waals surface area contributed by atoms with E-state index in [4.69, 9.17) is 16.3 Å². The number of methoxy groups -OCH3 is 1. The molecule has 1 aliphatic rings. The average molecular weight is 367 g/mol. The number of nitrogens with one attached hydrogen (secondary N) is 1. The number of hydrogen-bond acceptors (Lipinski definition) is 4. The monoisotopic (exact) mass is 366 g/mol. The molecule has 0 amide bonds. The average Bonchev–Trinajstić information content (AvgIpc) is 2.45. The zero-order valence-corrected chi connectivity index (χ0v) is 13.2. The Morgan fingerprint density at radius 1 is 1.48 bits per heavy atom. The minimum Gasteiger partial charge on any atom is -0.383 e. The van der Waals surface area contributed by atoms with Gasteiger partial charge in [0.1, 0.15) is 0 Å². The van der Waals surface area contributed by atoms with Crippen molar-refractivity contribution in [3.8, 4) is 0 Å². The lowest BCUT2D eigenvalue weighted by Crippen LogP contribution is -2.37. The van der Waals surface area contributed by atoms with Crippen LogP contribution in [-0.4, -0.2) is 29.0 Å². The van der Waals surface area contributed by atoms with Crippen molar-refractivity contribution in [3.05, 3.63) is 37.5 Å². The lowest BCUT2D eigenvalue weighted by atomic mass is 10.1. The van der Waals surface area contributed by atoms with Crippen LogP contribution < -0.4 is 11.2 Å². The molecule has 0 bridgehead atoms. The summed E-state index contributed by atoms with van der Waals surface area (Å²) in [5.74, 6) is 0.308. The topological polar surface area (TPSA) is 64.1 Å². The number of H-pyrrole nitrogens is 1. The molecule has 1 N–H and O–H groups in total. The highest BCUT2D eigenvalue weighted by Crippen LogP contribution is 2.45. The molecule has 2 heterocycles. The van der Waals surface area contributed by atoms with Gasteiger partial charge in [0.2, 0.25) is 0 Å². The zero-order chi connectivity index (χ0) is 16.9. The minimum atomic E-state index is -4.70. The molecule has 1 atom stereocenters. The highest BCUT2D eigenvalue weighted by Gasteiger charge is 2.37. The highest BCUT2D eigenvalue weighted by molar-refractivity contribution is 7.99. The van der Waals surface area contributed by atoms with Crippen molar-refractivity contribution in [1.82, 2.24) is 9.55 Å². The highest BCUT2D eigenvalue weighted by atomic mass is 35.5. The van der Waals surface area contributed by atoms with Crippen molar-refractivity contribution in [3.63, 3.8) is 0 Å². The molecule has 0 fully saturated rings. The number of hydrogen-bond donors (Lipinski definition) is 1. The standard InChI is InChI=1S/C13H10ClF3N2O3S/c1-22-3-5-4-23-10-8(14)7(13(15,16)17)2-6-9(10)19(5)12(21)18-11(6)20/h2,5H,3-4H2,1H3,(H,18,20,21). The van der Waals surface area contributed by atoms with Gasteiger partial charge in [0.05, 0.1) is 39.0 Å². The van der Waals surface area contributed by atoms with Crippen LogP contribution in [0.2, 0.25) is 5.02 Å². The van der Waals surface area contributed by atoms with Crippen LogP contribution in [0.15, 0.2) is 20.6 Å². The van der Waals surface area contributed by atoms with Gasteiger partial charge in [-0.1, -0.05) is 11.6 Å². The van der Waals surface area contributed by atoms with E-state index >= 15 is 0 Å². The Hall–Kier alpha value is -1.45. The summed E-state index contributed by atoms with van der Waals surface area (Å²) in [6.07, 6.45) is -4.70. The van der Waals surface area contributed by atoms with Gasteiger partial charge in [0.25, 0.3) is 5.56 Å². The molecule has 3 rings (SSSR count). The molecule has 0 saturated carbocycles. The van der Waals surface area contributed by atoms with Gasteiger partial charge >= 0.3 is 11.9 Å². The Kier molecular flexibility index (Phi) is 3.97. The second-order valence-corrected chi connectivity index (χ2v) is 6.42. The summed E-state index contributed by atoms with van der Waals surface area (Å²) < 4.78 is 45.7. The van der Waals surface area contributed by atoms with E-state index in [1.807, 2.05) is 0 Å². The molecule has 124 valence electrons. The number of ether oxygens (including phenoxy) is 1. The second-order valence-electron chi connectivity index (χ2n) is 5.01. The first-order valence-electron chi connectivity index (χ1n) is 6.45. The van der Waals surface area contributed by atoms with Crippen LogP contribution in [0.5, 0.6) is 0 Å². The molecule has 10 heteroatoms. The van der Waals surface area contributed by atoms with Crippen molar-refractivity contribution in [2.75, 3.05) is 19.5 Å². The molecular formula is C13H10ClF3N2O3S. The number of benzene rings is 1. The van der Waals surface area contributed by atoms with Crippen LogP contribution >= 0.6 is 23.4 Å². The van der Waals surface area contributed by atoms with E-state index in [-0.39, 0.29) is 22.4 Å². The fraction of sp³-hybridized carbons (Fsp3) is 0.385. The first-order chi connectivity index (χ1) is 10.8. The number of alkyl halides is 3. The molecule has 2 aromatic rings. The van der Waals surface area contributed by atoms with Crippen molar-refractivity contribution < 1.29 is 17.9 Å². The summed E-state index contributed by atoms with van der Waals surface area (Å²) >= 11 is 6.99. The van der Waals surface area contributed by atoms with Crippen LogP contribution in [0, 0.1) is 0 Å². The van der Waals surface area contributed by atoms with Crippen LogP contribution in [0.25, 0.3) is 10.9 Å². The van der Waals surface area contributed by atoms with Gasteiger partial charge in [-0.2, -0.15) is 13.2 Å². The van der Waals surface area contributed by atoms with Crippen molar-refractivity contribution in [2.24, 2.45) is 0 Å². The normalized spacial score (nSPS) is 17.7. The molecular weight excluding hydrogens is 357 g/mol. The Balaban J connectivity index is 2.47. The van der Waals surface area contributed by atoms with Crippen LogP contribution in [0.4, 0.5) is 13.2 Å². The summed E-state index contributed by atoms with van der Waals surface area (Å²) in [6.45, 7) is 0.187. The summed E-state index contributed by atoms with van der Waals surface area (Å²) in [5.41, 5.74) is -2.53. The molecule has 0 saturated heterocycles. The van der Waals surface area contributed by atoms with Crippen molar-refractivity contribution in [1.29, 1.82) is 0 Å². The van der Waals surface area contributed by atoms with Crippen molar-refractivity contribution in [2.45, 2.75) is 17.1 Å². The van der Waals surface area contributed by atoms with Gasteiger partial charge in [-0.25, -0.2) is 4.79 Å². The number of rotatable bonds is 2. The fourth-order valence-electron chi connectivity index (χ4n) is 2.62. The first-order valence-corrected chi connectivity index (χ1v) is 7.82. The number of thioether (sulfide) groups is 1. The smallest absolute Gasteiger partial charge is 0.383 e. The van der Waals surface area contributed by atoms with Crippen LogP contribution in [0.3, 0.4) is 0 Å². The molecule has 23 heavy (non-hydrogen) atoms. The fourth-order valence-corrected chi connectivity index (χ4v) is 4.22.